The smallest absolute Gasteiger partial charge is 0.740 e. The van der Waals surface area contributed by atoms with Gasteiger partial charge in [-0.1, -0.05) is 0 Å². The van der Waals surface area contributed by atoms with Gasteiger partial charge in [0.25, 0.3) is 0 Å². The number of nitrogens with zero attached hydrogens (tertiary/aromatic N) is 1. The van der Waals surface area contributed by atoms with Crippen LogP contribution in [0.2, 0.25) is 0 Å². The molecule has 0 aliphatic rings. The molecule has 0 aliphatic heterocycles. The van der Waals surface area contributed by atoms with E-state index < -0.39 is 15.3 Å². The van der Waals surface area contributed by atoms with E-state index >= 15 is 0 Å². The Kier molecular flexibility index (Phi) is 4.52. The molecule has 8 heteroatoms. The predicted molar refractivity (Wildman–Crippen MR) is 48.5 cm³/mol. The summed E-state index contributed by atoms with van der Waals surface area (Å²) in [7, 11) is -3.19. The standard InChI is InChI=1S/C8H7NO5S.K/c1-13-5-2-3-6-7(4-5)14-8(9-6)15(10,11)12;/h2-4H,1H3,(H,10,11,12);/q;+1/p-1. The molecule has 0 spiro atoms. The summed E-state index contributed by atoms with van der Waals surface area (Å²) in [5.41, 5.74) is 0.494. The van der Waals surface area contributed by atoms with Crippen LogP contribution in [0.15, 0.2) is 27.8 Å². The summed E-state index contributed by atoms with van der Waals surface area (Å²) in [5, 5.41) is -0.828. The zero-order chi connectivity index (χ0) is 11.1. The van der Waals surface area contributed by atoms with Gasteiger partial charge in [-0.05, 0) is 12.1 Å². The van der Waals surface area contributed by atoms with Crippen LogP contribution in [0.5, 0.6) is 5.75 Å². The molecule has 0 bridgehead atoms. The van der Waals surface area contributed by atoms with Crippen LogP contribution in [0.1, 0.15) is 0 Å². The largest absolute Gasteiger partial charge is 1.00 e. The second-order valence-corrected chi connectivity index (χ2v) is 4.03. The Labute approximate surface area is 134 Å². The van der Waals surface area contributed by atoms with Gasteiger partial charge in [0.2, 0.25) is 0 Å². The maximum atomic E-state index is 10.6. The fourth-order valence-corrected chi connectivity index (χ4v) is 1.52. The Balaban J connectivity index is 0.00000128. The summed E-state index contributed by atoms with van der Waals surface area (Å²) in [6.07, 6.45) is 0. The number of hydrogen-bond acceptors (Lipinski definition) is 6. The first kappa shape index (κ1) is 14.1. The van der Waals surface area contributed by atoms with E-state index in [1.54, 1.807) is 6.07 Å². The minimum atomic E-state index is -4.65. The van der Waals surface area contributed by atoms with Crippen molar-refractivity contribution in [3.8, 4) is 5.75 Å². The van der Waals surface area contributed by atoms with Crippen molar-refractivity contribution in [2.45, 2.75) is 5.22 Å². The molecule has 2 aromatic rings. The third-order valence-electron chi connectivity index (χ3n) is 1.79. The first-order chi connectivity index (χ1) is 7.00. The molecule has 0 fully saturated rings. The molecule has 0 N–H and O–H groups in total. The summed E-state index contributed by atoms with van der Waals surface area (Å²) < 4.78 is 41.5. The molecule has 0 amide bonds. The minimum absolute atomic E-state index is 0. The van der Waals surface area contributed by atoms with E-state index in [9.17, 15) is 13.0 Å². The van der Waals surface area contributed by atoms with E-state index in [0.29, 0.717) is 11.3 Å². The average molecular weight is 267 g/mol. The fraction of sp³-hybridized carbons (Fsp3) is 0.125. The summed E-state index contributed by atoms with van der Waals surface area (Å²) in [4.78, 5) is 3.54. The molecule has 80 valence electrons. The van der Waals surface area contributed by atoms with E-state index in [4.69, 9.17) is 9.15 Å². The second kappa shape index (κ2) is 5.13. The Morgan fingerprint density at radius 3 is 2.69 bits per heavy atom. The molecular formula is C8H6KNO5S. The van der Waals surface area contributed by atoms with Gasteiger partial charge in [-0.2, -0.15) is 0 Å². The maximum Gasteiger partial charge on any atom is 1.00 e. The molecule has 1 aromatic carbocycles. The molecule has 6 nitrogen and oxygen atoms in total. The van der Waals surface area contributed by atoms with Crippen molar-refractivity contribution in [1.82, 2.24) is 4.98 Å². The van der Waals surface area contributed by atoms with Crippen molar-refractivity contribution >= 4 is 21.2 Å². The van der Waals surface area contributed by atoms with Gasteiger partial charge in [-0.3, -0.25) is 0 Å². The van der Waals surface area contributed by atoms with Crippen LogP contribution in [0.25, 0.3) is 11.1 Å². The first-order valence-corrected chi connectivity index (χ1v) is 5.32. The topological polar surface area (TPSA) is 92.5 Å². The zero-order valence-corrected chi connectivity index (χ0v) is 12.6. The van der Waals surface area contributed by atoms with Gasteiger partial charge in [-0.25, -0.2) is 13.4 Å². The third-order valence-corrected chi connectivity index (χ3v) is 2.39. The van der Waals surface area contributed by atoms with Crippen LogP contribution in [-0.4, -0.2) is 25.1 Å². The van der Waals surface area contributed by atoms with Gasteiger partial charge >= 0.3 is 56.6 Å². The van der Waals surface area contributed by atoms with E-state index in [0.717, 1.165) is 0 Å². The first-order valence-electron chi connectivity index (χ1n) is 3.91. The van der Waals surface area contributed by atoms with Crippen molar-refractivity contribution in [3.63, 3.8) is 0 Å². The summed E-state index contributed by atoms with van der Waals surface area (Å²) in [5.74, 6) is 0.494. The fourth-order valence-electron chi connectivity index (χ4n) is 1.12. The van der Waals surface area contributed by atoms with E-state index in [2.05, 4.69) is 4.98 Å². The van der Waals surface area contributed by atoms with Crippen molar-refractivity contribution in [1.29, 1.82) is 0 Å². The number of fused-ring (bicyclic) bond motifs is 1. The van der Waals surface area contributed by atoms with Crippen LogP contribution in [-0.2, 0) is 10.1 Å². The van der Waals surface area contributed by atoms with Gasteiger partial charge in [0, 0.05) is 6.07 Å². The molecule has 0 saturated carbocycles. The average Bonchev–Trinajstić information content (AvgIpc) is 2.59. The normalized spacial score (nSPS) is 11.1. The molecule has 0 aliphatic carbocycles. The molecule has 1 heterocycles. The van der Waals surface area contributed by atoms with Crippen LogP contribution in [0.3, 0.4) is 0 Å². The summed E-state index contributed by atoms with van der Waals surface area (Å²) >= 11 is 0. The molecule has 0 unspecified atom stereocenters. The summed E-state index contributed by atoms with van der Waals surface area (Å²) in [6.45, 7) is 0. The third kappa shape index (κ3) is 2.83. The van der Waals surface area contributed by atoms with Crippen molar-refractivity contribution in [2.75, 3.05) is 7.11 Å². The number of hydrogen-bond donors (Lipinski definition) is 0. The van der Waals surface area contributed by atoms with Crippen LogP contribution < -0.4 is 56.1 Å². The molecule has 0 saturated heterocycles. The minimum Gasteiger partial charge on any atom is -0.740 e. The van der Waals surface area contributed by atoms with Crippen LogP contribution >= 0.6 is 0 Å². The molecule has 2 rings (SSSR count). The Morgan fingerprint density at radius 1 is 1.44 bits per heavy atom. The maximum absolute atomic E-state index is 10.6. The number of benzene rings is 1. The van der Waals surface area contributed by atoms with Crippen molar-refractivity contribution in [2.24, 2.45) is 0 Å². The van der Waals surface area contributed by atoms with Gasteiger partial charge in [0.15, 0.2) is 15.7 Å². The Hall–Kier alpha value is 0.0364. The molecule has 0 radical (unpaired) electrons. The number of rotatable bonds is 2. The molecular weight excluding hydrogens is 261 g/mol. The number of ether oxygens (including phenoxy) is 1. The van der Waals surface area contributed by atoms with Gasteiger partial charge in [0.1, 0.15) is 11.3 Å². The number of oxazole rings is 1. The van der Waals surface area contributed by atoms with E-state index in [1.807, 2.05) is 0 Å². The quantitative estimate of drug-likeness (QED) is 0.450. The van der Waals surface area contributed by atoms with E-state index in [1.165, 1.54) is 19.2 Å². The van der Waals surface area contributed by atoms with Gasteiger partial charge in [-0.15, -0.1) is 0 Å². The molecule has 16 heavy (non-hydrogen) atoms. The molecule has 0 atom stereocenters. The second-order valence-electron chi connectivity index (χ2n) is 2.77. The predicted octanol–water partition coefficient (Wildman–Crippen LogP) is -2.26. The summed E-state index contributed by atoms with van der Waals surface area (Å²) in [6, 6.07) is 4.55. The van der Waals surface area contributed by atoms with Gasteiger partial charge < -0.3 is 13.7 Å². The Bertz CT molecular complexity index is 606. The number of aromatic nitrogens is 1. The zero-order valence-electron chi connectivity index (χ0n) is 8.63. The van der Waals surface area contributed by atoms with Crippen LogP contribution in [0.4, 0.5) is 0 Å². The van der Waals surface area contributed by atoms with Crippen molar-refractivity contribution in [3.05, 3.63) is 18.2 Å². The van der Waals surface area contributed by atoms with Crippen LogP contribution in [0, 0.1) is 0 Å². The molecule has 1 aromatic heterocycles. The van der Waals surface area contributed by atoms with Gasteiger partial charge in [0.05, 0.1) is 7.11 Å². The SMILES string of the molecule is COc1ccc2nc(S(=O)(=O)[O-])oc2c1.[K+]. The van der Waals surface area contributed by atoms with Crippen molar-refractivity contribution < 1.29 is 73.5 Å². The number of methoxy groups -OCH3 is 1. The monoisotopic (exact) mass is 267 g/mol. The van der Waals surface area contributed by atoms with E-state index in [-0.39, 0.29) is 57.0 Å². The Morgan fingerprint density at radius 2 is 2.12 bits per heavy atom.